The lowest BCUT2D eigenvalue weighted by atomic mass is 9.88. The molecule has 0 aromatic heterocycles. The maximum absolute atomic E-state index is 13.3. The smallest absolute Gasteiger partial charge is 0.331 e. The number of rotatable bonds is 23. The number of aromatic hydroxyl groups is 2. The maximum Gasteiger partial charge on any atom is 0.331 e. The van der Waals surface area contributed by atoms with Gasteiger partial charge in [0.05, 0.1) is 19.3 Å². The van der Waals surface area contributed by atoms with Gasteiger partial charge in [0.25, 0.3) is 0 Å². The average molecular weight is 839 g/mol. The number of unbranched alkanes of at least 4 members (excludes halogenated alkanes) is 3. The van der Waals surface area contributed by atoms with Crippen LogP contribution in [0.4, 0.5) is 0 Å². The SMILES string of the molecule is CCCCCC(=O)OC[C@H]1O[C@@H](O[C@H]2[C@H](OC(=O)/C=C/C=C/CC(O)C(C)CCC/C=C/C(C)CC)[C@@H](O)[C@@H](c3c(O)cc(O)cc3CO)O[C@@H]2CO)[C@H](O)[C@@H](O)[C@H]1O. The van der Waals surface area contributed by atoms with Crippen LogP contribution in [0.25, 0.3) is 0 Å². The Balaban J connectivity index is 1.80. The molecule has 3 unspecified atom stereocenters. The van der Waals surface area contributed by atoms with Crippen LogP contribution in [-0.2, 0) is 39.9 Å². The van der Waals surface area contributed by atoms with Crippen molar-refractivity contribution in [1.82, 2.24) is 0 Å². The van der Waals surface area contributed by atoms with Crippen LogP contribution in [0.1, 0.15) is 103 Å². The van der Waals surface area contributed by atoms with Crippen LogP contribution in [0.3, 0.4) is 0 Å². The molecular formula is C43H66O16. The van der Waals surface area contributed by atoms with E-state index in [2.05, 4.69) is 26.0 Å². The number of benzene rings is 1. The van der Waals surface area contributed by atoms with E-state index in [1.165, 1.54) is 12.2 Å². The summed E-state index contributed by atoms with van der Waals surface area (Å²) in [5.74, 6) is -1.99. The standard InChI is InChI=1S/C43H66O16/c1-5-7-10-18-33(49)55-24-32-36(51)37(52)38(53)43(57-32)59-40-31(23-45)56-41(35-27(22-44)20-28(46)21-30(35)48)39(54)42(40)58-34(50)19-14-9-13-17-29(47)26(4)16-12-8-11-15-25(3)6-2/h9,11,13-15,19-21,25-26,29,31-32,36-48,51-54H,5-8,10,12,16-18,22-24H2,1-4H3/b13-9+,15-11+,19-14+/t25?,26?,29?,31-,32-,36+,37+,38-,39+,40-,41-,42-,43+/m1/s1. The zero-order valence-electron chi connectivity index (χ0n) is 34.5. The number of carbonyl (C=O) groups is 2. The van der Waals surface area contributed by atoms with Gasteiger partial charge in [-0.2, -0.15) is 0 Å². The van der Waals surface area contributed by atoms with Crippen molar-refractivity contribution in [3.8, 4) is 11.5 Å². The van der Waals surface area contributed by atoms with Crippen LogP contribution < -0.4 is 0 Å². The van der Waals surface area contributed by atoms with Crippen LogP contribution in [-0.4, -0.2) is 132 Å². The van der Waals surface area contributed by atoms with E-state index < -0.39 is 111 Å². The Morgan fingerprint density at radius 1 is 0.881 bits per heavy atom. The van der Waals surface area contributed by atoms with Crippen molar-refractivity contribution in [3.63, 3.8) is 0 Å². The molecule has 9 N–H and O–H groups in total. The number of hydrogen-bond acceptors (Lipinski definition) is 16. The first-order chi connectivity index (χ1) is 28.2. The minimum atomic E-state index is -1.93. The lowest BCUT2D eigenvalue weighted by Crippen LogP contribution is -2.64. The lowest BCUT2D eigenvalue weighted by Gasteiger charge is -2.47. The quantitative estimate of drug-likeness (QED) is 0.0252. The second-order valence-corrected chi connectivity index (χ2v) is 15.4. The highest BCUT2D eigenvalue weighted by Crippen LogP contribution is 2.42. The van der Waals surface area contributed by atoms with Crippen LogP contribution >= 0.6 is 0 Å². The predicted molar refractivity (Wildman–Crippen MR) is 213 cm³/mol. The summed E-state index contributed by atoms with van der Waals surface area (Å²) in [7, 11) is 0. The highest BCUT2D eigenvalue weighted by atomic mass is 16.7. The molecule has 3 rings (SSSR count). The number of esters is 2. The topological polar surface area (TPSA) is 262 Å². The summed E-state index contributed by atoms with van der Waals surface area (Å²) in [6.07, 6.45) is -1.19. The molecule has 0 amide bonds. The summed E-state index contributed by atoms with van der Waals surface area (Å²) >= 11 is 0. The van der Waals surface area contributed by atoms with Gasteiger partial charge in [-0.3, -0.25) is 4.79 Å². The maximum atomic E-state index is 13.3. The van der Waals surface area contributed by atoms with Crippen molar-refractivity contribution in [2.75, 3.05) is 13.2 Å². The van der Waals surface area contributed by atoms with E-state index in [1.54, 1.807) is 6.08 Å². The highest BCUT2D eigenvalue weighted by molar-refractivity contribution is 5.82. The molecule has 2 aliphatic rings. The molecule has 2 aliphatic heterocycles. The number of carbonyl (C=O) groups excluding carboxylic acids is 2. The molecule has 16 heteroatoms. The molecule has 0 bridgehead atoms. The molecule has 334 valence electrons. The van der Waals surface area contributed by atoms with Crippen LogP contribution in [0.15, 0.2) is 48.6 Å². The summed E-state index contributed by atoms with van der Waals surface area (Å²) in [6, 6.07) is 2.06. The van der Waals surface area contributed by atoms with Gasteiger partial charge in [-0.05, 0) is 55.6 Å². The summed E-state index contributed by atoms with van der Waals surface area (Å²) < 4.78 is 28.6. The number of allylic oxidation sites excluding steroid dienone is 4. The van der Waals surface area contributed by atoms with E-state index in [-0.39, 0.29) is 23.5 Å². The van der Waals surface area contributed by atoms with Gasteiger partial charge in [-0.1, -0.05) is 77.3 Å². The van der Waals surface area contributed by atoms with Gasteiger partial charge < -0.3 is 69.6 Å². The zero-order chi connectivity index (χ0) is 43.6. The number of phenolic OH excluding ortho intramolecular Hbond substituents is 2. The fourth-order valence-electron chi connectivity index (χ4n) is 6.89. The molecule has 0 aliphatic carbocycles. The van der Waals surface area contributed by atoms with Crippen LogP contribution in [0.2, 0.25) is 0 Å². The van der Waals surface area contributed by atoms with E-state index in [0.29, 0.717) is 18.8 Å². The molecule has 2 heterocycles. The van der Waals surface area contributed by atoms with Crippen molar-refractivity contribution in [3.05, 3.63) is 59.7 Å². The van der Waals surface area contributed by atoms with E-state index in [9.17, 15) is 55.5 Å². The predicted octanol–water partition coefficient (Wildman–Crippen LogP) is 2.88. The minimum Gasteiger partial charge on any atom is -0.508 e. The van der Waals surface area contributed by atoms with Crippen molar-refractivity contribution in [2.24, 2.45) is 11.8 Å². The molecule has 13 atom stereocenters. The molecule has 2 fully saturated rings. The molecule has 16 nitrogen and oxygen atoms in total. The third-order valence-electron chi connectivity index (χ3n) is 10.8. The van der Waals surface area contributed by atoms with E-state index >= 15 is 0 Å². The number of hydrogen-bond donors (Lipinski definition) is 9. The first-order valence-corrected chi connectivity index (χ1v) is 20.7. The third kappa shape index (κ3) is 14.9. The average Bonchev–Trinajstić information content (AvgIpc) is 3.21. The van der Waals surface area contributed by atoms with E-state index in [1.807, 2.05) is 13.8 Å². The number of phenols is 2. The molecule has 2 saturated heterocycles. The fourth-order valence-corrected chi connectivity index (χ4v) is 6.89. The third-order valence-corrected chi connectivity index (χ3v) is 10.8. The van der Waals surface area contributed by atoms with Gasteiger partial charge >= 0.3 is 11.9 Å². The molecule has 59 heavy (non-hydrogen) atoms. The second kappa shape index (κ2) is 25.4. The monoisotopic (exact) mass is 838 g/mol. The summed E-state index contributed by atoms with van der Waals surface area (Å²) in [5, 5.41) is 95.9. The first-order valence-electron chi connectivity index (χ1n) is 20.7. The molecule has 0 radical (unpaired) electrons. The van der Waals surface area contributed by atoms with Crippen molar-refractivity contribution < 1.29 is 79.2 Å². The summed E-state index contributed by atoms with van der Waals surface area (Å²) in [4.78, 5) is 25.5. The number of ether oxygens (including phenoxy) is 5. The Kier molecular flexibility index (Phi) is 21.5. The van der Waals surface area contributed by atoms with Crippen molar-refractivity contribution in [1.29, 1.82) is 0 Å². The van der Waals surface area contributed by atoms with Gasteiger partial charge in [-0.15, -0.1) is 0 Å². The highest BCUT2D eigenvalue weighted by Gasteiger charge is 2.53. The number of aliphatic hydroxyl groups excluding tert-OH is 7. The number of aliphatic hydroxyl groups is 7. The van der Waals surface area contributed by atoms with Crippen LogP contribution in [0, 0.1) is 11.8 Å². The van der Waals surface area contributed by atoms with Gasteiger partial charge in [0, 0.05) is 24.1 Å². The Bertz CT molecular complexity index is 1510. The van der Waals surface area contributed by atoms with Gasteiger partial charge in [0.15, 0.2) is 12.4 Å². The molecular weight excluding hydrogens is 772 g/mol. The summed E-state index contributed by atoms with van der Waals surface area (Å²) in [5.41, 5.74) is -0.235. The first kappa shape index (κ1) is 49.9. The lowest BCUT2D eigenvalue weighted by molar-refractivity contribution is -0.343. The second-order valence-electron chi connectivity index (χ2n) is 15.4. The van der Waals surface area contributed by atoms with E-state index in [4.69, 9.17) is 23.7 Å². The fraction of sp³-hybridized carbons (Fsp3) is 0.674. The normalized spacial score (nSPS) is 29.2. The Labute approximate surface area is 346 Å². The van der Waals surface area contributed by atoms with Gasteiger partial charge in [0.1, 0.15) is 66.9 Å². The summed E-state index contributed by atoms with van der Waals surface area (Å²) in [6.45, 7) is 6.16. The van der Waals surface area contributed by atoms with Crippen LogP contribution in [0.5, 0.6) is 11.5 Å². The Morgan fingerprint density at radius 3 is 2.31 bits per heavy atom. The molecule has 1 aromatic rings. The van der Waals surface area contributed by atoms with Crippen molar-refractivity contribution in [2.45, 2.75) is 159 Å². The molecule has 1 aromatic carbocycles. The minimum absolute atomic E-state index is 0.0428. The molecule has 0 saturated carbocycles. The zero-order valence-corrected chi connectivity index (χ0v) is 34.5. The molecule has 0 spiro atoms. The Morgan fingerprint density at radius 2 is 1.63 bits per heavy atom. The van der Waals surface area contributed by atoms with E-state index in [0.717, 1.165) is 56.7 Å². The van der Waals surface area contributed by atoms with Gasteiger partial charge in [-0.25, -0.2) is 4.79 Å². The van der Waals surface area contributed by atoms with Crippen molar-refractivity contribution >= 4 is 11.9 Å². The van der Waals surface area contributed by atoms with Gasteiger partial charge in [0.2, 0.25) is 0 Å². The Hall–Kier alpha value is -3.42. The largest absolute Gasteiger partial charge is 0.508 e.